The van der Waals surface area contributed by atoms with Gasteiger partial charge in [-0.2, -0.15) is 0 Å². The molecule has 0 saturated heterocycles. The molecule has 5 nitrogen and oxygen atoms in total. The van der Waals surface area contributed by atoms with Gasteiger partial charge in [-0.15, -0.1) is 34.4 Å². The maximum atomic E-state index is 11.9. The van der Waals surface area contributed by atoms with E-state index in [1.165, 1.54) is 16.2 Å². The number of amides is 1. The van der Waals surface area contributed by atoms with Crippen LogP contribution in [-0.2, 0) is 4.79 Å². The van der Waals surface area contributed by atoms with Crippen LogP contribution in [0.25, 0.3) is 10.2 Å². The molecular formula is C14H14N4OS3. The van der Waals surface area contributed by atoms with E-state index < -0.39 is 0 Å². The number of nitrogens with zero attached hydrogens (tertiary/aromatic N) is 3. The number of anilines is 1. The minimum atomic E-state index is -0.0198. The summed E-state index contributed by atoms with van der Waals surface area (Å²) in [6.45, 7) is 3.97. The Labute approximate surface area is 140 Å². The number of aryl methyl sites for hydroxylation is 2. The summed E-state index contributed by atoms with van der Waals surface area (Å²) in [7, 11) is 0. The fourth-order valence-corrected chi connectivity index (χ4v) is 4.43. The average Bonchev–Trinajstić information content (AvgIpc) is 3.04. The third-order valence-electron chi connectivity index (χ3n) is 2.85. The monoisotopic (exact) mass is 350 g/mol. The molecule has 3 aromatic heterocycles. The molecule has 0 unspecified atom stereocenters. The summed E-state index contributed by atoms with van der Waals surface area (Å²) in [6.07, 6.45) is 2.01. The predicted octanol–water partition coefficient (Wildman–Crippen LogP) is 3.89. The lowest BCUT2D eigenvalue weighted by molar-refractivity contribution is -0.115. The van der Waals surface area contributed by atoms with Crippen molar-refractivity contribution in [2.24, 2.45) is 0 Å². The number of carbonyl (C=O) groups is 1. The lowest BCUT2D eigenvalue weighted by Crippen LogP contribution is -2.12. The van der Waals surface area contributed by atoms with Crippen molar-refractivity contribution in [2.45, 2.75) is 25.3 Å². The molecule has 1 amide bonds. The Kier molecular flexibility index (Phi) is 4.70. The van der Waals surface area contributed by atoms with Crippen molar-refractivity contribution in [3.8, 4) is 0 Å². The van der Waals surface area contributed by atoms with Gasteiger partial charge in [-0.25, -0.2) is 15.0 Å². The van der Waals surface area contributed by atoms with Crippen LogP contribution in [-0.4, -0.2) is 26.6 Å². The zero-order chi connectivity index (χ0) is 15.5. The Morgan fingerprint density at radius 2 is 2.23 bits per heavy atom. The smallest absolute Gasteiger partial charge is 0.226 e. The fourth-order valence-electron chi connectivity index (χ4n) is 1.90. The van der Waals surface area contributed by atoms with Gasteiger partial charge in [0.05, 0.1) is 5.69 Å². The second kappa shape index (κ2) is 6.72. The summed E-state index contributed by atoms with van der Waals surface area (Å²) < 4.78 is 0. The number of carbonyl (C=O) groups excluding carboxylic acids is 1. The van der Waals surface area contributed by atoms with E-state index in [0.717, 1.165) is 20.9 Å². The van der Waals surface area contributed by atoms with Crippen molar-refractivity contribution in [1.29, 1.82) is 0 Å². The molecule has 0 aromatic carbocycles. The number of aromatic nitrogens is 3. The number of nitrogens with one attached hydrogen (secondary N) is 1. The van der Waals surface area contributed by atoms with Crippen molar-refractivity contribution < 1.29 is 4.79 Å². The summed E-state index contributed by atoms with van der Waals surface area (Å²) in [5, 5.41) is 7.40. The van der Waals surface area contributed by atoms with E-state index in [9.17, 15) is 4.79 Å². The number of thiophene rings is 1. The van der Waals surface area contributed by atoms with Gasteiger partial charge in [0.15, 0.2) is 5.13 Å². The molecule has 0 atom stereocenters. The van der Waals surface area contributed by atoms with Gasteiger partial charge < -0.3 is 5.32 Å². The largest absolute Gasteiger partial charge is 0.302 e. The molecule has 0 aliphatic rings. The van der Waals surface area contributed by atoms with Crippen LogP contribution in [0.4, 0.5) is 5.13 Å². The standard InChI is InChI=1S/C14H14N4OS3/c1-8-6-21-14(17-8)18-11(19)3-4-20-12-10-5-9(2)22-13(10)16-7-15-12/h5-7H,3-4H2,1-2H3,(H,17,18,19). The fraction of sp³-hybridized carbons (Fsp3) is 0.286. The highest BCUT2D eigenvalue weighted by Crippen LogP contribution is 2.30. The van der Waals surface area contributed by atoms with Crippen LogP contribution in [0.1, 0.15) is 17.0 Å². The Morgan fingerprint density at radius 3 is 3.00 bits per heavy atom. The first-order valence-electron chi connectivity index (χ1n) is 6.68. The third-order valence-corrected chi connectivity index (χ3v) is 5.69. The van der Waals surface area contributed by atoms with Crippen LogP contribution < -0.4 is 5.32 Å². The number of hydrogen-bond acceptors (Lipinski definition) is 7. The number of thioether (sulfide) groups is 1. The lowest BCUT2D eigenvalue weighted by Gasteiger charge is -2.02. The first-order valence-corrected chi connectivity index (χ1v) is 9.36. The first-order chi connectivity index (χ1) is 10.6. The number of hydrogen-bond donors (Lipinski definition) is 1. The van der Waals surface area contributed by atoms with E-state index in [1.54, 1.807) is 29.4 Å². The number of rotatable bonds is 5. The van der Waals surface area contributed by atoms with Gasteiger partial charge in [0.25, 0.3) is 0 Å². The highest BCUT2D eigenvalue weighted by molar-refractivity contribution is 7.99. The maximum Gasteiger partial charge on any atom is 0.226 e. The molecule has 0 spiro atoms. The van der Waals surface area contributed by atoms with Crippen LogP contribution in [0.5, 0.6) is 0 Å². The second-order valence-corrected chi connectivity index (χ2v) is 7.87. The van der Waals surface area contributed by atoms with E-state index >= 15 is 0 Å². The van der Waals surface area contributed by atoms with Gasteiger partial charge in [-0.1, -0.05) is 0 Å². The van der Waals surface area contributed by atoms with Gasteiger partial charge >= 0.3 is 0 Å². The summed E-state index contributed by atoms with van der Waals surface area (Å²) >= 11 is 4.69. The van der Waals surface area contributed by atoms with Crippen molar-refractivity contribution in [3.63, 3.8) is 0 Å². The van der Waals surface area contributed by atoms with E-state index in [4.69, 9.17) is 0 Å². The van der Waals surface area contributed by atoms with Crippen molar-refractivity contribution >= 4 is 55.7 Å². The summed E-state index contributed by atoms with van der Waals surface area (Å²) in [5.41, 5.74) is 0.922. The van der Waals surface area contributed by atoms with Gasteiger partial charge in [-0.05, 0) is 19.9 Å². The molecule has 3 heterocycles. The molecule has 0 fully saturated rings. The van der Waals surface area contributed by atoms with Gasteiger partial charge in [0.1, 0.15) is 16.2 Å². The maximum absolute atomic E-state index is 11.9. The Hall–Kier alpha value is -1.51. The lowest BCUT2D eigenvalue weighted by atomic mass is 10.4. The van der Waals surface area contributed by atoms with Crippen LogP contribution in [0.2, 0.25) is 0 Å². The molecule has 22 heavy (non-hydrogen) atoms. The molecule has 114 valence electrons. The molecular weight excluding hydrogens is 336 g/mol. The van der Waals surface area contributed by atoms with Crippen molar-refractivity contribution in [1.82, 2.24) is 15.0 Å². The third kappa shape index (κ3) is 3.63. The quantitative estimate of drug-likeness (QED) is 0.558. The SMILES string of the molecule is Cc1csc(NC(=O)CCSc2ncnc3sc(C)cc23)n1. The summed E-state index contributed by atoms with van der Waals surface area (Å²) in [5.74, 6) is 0.658. The molecule has 3 aromatic rings. The molecule has 0 bridgehead atoms. The molecule has 0 aliphatic carbocycles. The van der Waals surface area contributed by atoms with Crippen molar-refractivity contribution in [2.75, 3.05) is 11.1 Å². The molecule has 1 N–H and O–H groups in total. The minimum absolute atomic E-state index is 0.0198. The highest BCUT2D eigenvalue weighted by atomic mass is 32.2. The predicted molar refractivity (Wildman–Crippen MR) is 93.0 cm³/mol. The molecule has 0 aliphatic heterocycles. The van der Waals surface area contributed by atoms with Gasteiger partial charge in [0.2, 0.25) is 5.91 Å². The van der Waals surface area contributed by atoms with Gasteiger partial charge in [-0.3, -0.25) is 4.79 Å². The normalized spacial score (nSPS) is 11.0. The molecule has 0 saturated carbocycles. The molecule has 8 heteroatoms. The highest BCUT2D eigenvalue weighted by Gasteiger charge is 2.09. The number of thiazole rings is 1. The zero-order valence-corrected chi connectivity index (χ0v) is 14.6. The summed E-state index contributed by atoms with van der Waals surface area (Å²) in [6, 6.07) is 2.10. The average molecular weight is 350 g/mol. The Balaban J connectivity index is 1.57. The molecule has 3 rings (SSSR count). The first kappa shape index (κ1) is 15.4. The van der Waals surface area contributed by atoms with Crippen LogP contribution >= 0.6 is 34.4 Å². The second-order valence-electron chi connectivity index (χ2n) is 4.70. The zero-order valence-electron chi connectivity index (χ0n) is 12.1. The van der Waals surface area contributed by atoms with Gasteiger partial charge in [0, 0.05) is 27.8 Å². The molecule has 0 radical (unpaired) electrons. The Bertz CT molecular complexity index is 811. The van der Waals surface area contributed by atoms with E-state index in [2.05, 4.69) is 33.3 Å². The van der Waals surface area contributed by atoms with E-state index in [1.807, 2.05) is 12.3 Å². The Morgan fingerprint density at radius 1 is 1.36 bits per heavy atom. The minimum Gasteiger partial charge on any atom is -0.302 e. The summed E-state index contributed by atoms with van der Waals surface area (Å²) in [4.78, 5) is 26.9. The van der Waals surface area contributed by atoms with E-state index in [0.29, 0.717) is 17.3 Å². The topological polar surface area (TPSA) is 67.8 Å². The van der Waals surface area contributed by atoms with Crippen LogP contribution in [0, 0.1) is 13.8 Å². The van der Waals surface area contributed by atoms with Crippen molar-refractivity contribution in [3.05, 3.63) is 28.3 Å². The van der Waals surface area contributed by atoms with Crippen LogP contribution in [0.3, 0.4) is 0 Å². The number of fused-ring (bicyclic) bond motifs is 1. The van der Waals surface area contributed by atoms with E-state index in [-0.39, 0.29) is 5.91 Å². The van der Waals surface area contributed by atoms with Crippen LogP contribution in [0.15, 0.2) is 22.8 Å².